The smallest absolute Gasteiger partial charge is 0.191 e. The molecule has 0 spiro atoms. The number of guanidine groups is 1. The number of nitrogens with zero attached hydrogens (tertiary/aromatic N) is 2. The second kappa shape index (κ2) is 5.35. The normalized spacial score (nSPS) is 25.6. The Morgan fingerprint density at radius 2 is 1.80 bits per heavy atom. The molecule has 2 aliphatic rings. The van der Waals surface area contributed by atoms with Gasteiger partial charge < -0.3 is 16.0 Å². The van der Waals surface area contributed by atoms with E-state index < -0.39 is 0 Å². The predicted octanol–water partition coefficient (Wildman–Crippen LogP) is 0.539. The van der Waals surface area contributed by atoms with Crippen molar-refractivity contribution in [2.75, 3.05) is 26.2 Å². The number of nitrogens with one attached hydrogen (secondary N) is 1. The summed E-state index contributed by atoms with van der Waals surface area (Å²) >= 11 is 0. The Morgan fingerprint density at radius 1 is 1.13 bits per heavy atom. The summed E-state index contributed by atoms with van der Waals surface area (Å²) in [6.07, 6.45) is 6.48. The summed E-state index contributed by atoms with van der Waals surface area (Å²) < 4.78 is 0. The molecule has 0 radical (unpaired) electrons. The molecule has 2 rings (SSSR count). The van der Waals surface area contributed by atoms with E-state index in [9.17, 15) is 0 Å². The summed E-state index contributed by atoms with van der Waals surface area (Å²) in [5.74, 6) is 0.767. The van der Waals surface area contributed by atoms with Gasteiger partial charge in [-0.3, -0.25) is 0 Å². The molecule has 0 aromatic rings. The summed E-state index contributed by atoms with van der Waals surface area (Å²) in [6, 6.07) is 0.494. The lowest BCUT2D eigenvalue weighted by Gasteiger charge is -2.29. The van der Waals surface area contributed by atoms with Crippen molar-refractivity contribution >= 4 is 5.96 Å². The third-order valence-electron chi connectivity index (χ3n) is 3.33. The highest BCUT2D eigenvalue weighted by Gasteiger charge is 2.16. The van der Waals surface area contributed by atoms with E-state index in [1.54, 1.807) is 0 Å². The average Bonchev–Trinajstić information content (AvgIpc) is 2.31. The van der Waals surface area contributed by atoms with E-state index in [1.807, 2.05) is 0 Å². The molecule has 0 atom stereocenters. The van der Waals surface area contributed by atoms with Crippen LogP contribution in [0.4, 0.5) is 0 Å². The summed E-state index contributed by atoms with van der Waals surface area (Å²) in [6.45, 7) is 4.06. The molecule has 0 aromatic heterocycles. The fraction of sp³-hybridized carbons (Fsp3) is 0.909. The molecule has 1 aliphatic carbocycles. The molecule has 0 aromatic carbocycles. The standard InChI is InChI=1S/C11H22N4/c12-11(15-8-6-13-7-9-15)14-10-4-2-1-3-5-10/h10,13H,1-9H2,(H2,12,14). The van der Waals surface area contributed by atoms with Gasteiger partial charge in [0, 0.05) is 26.2 Å². The number of hydrogen-bond acceptors (Lipinski definition) is 2. The summed E-state index contributed by atoms with van der Waals surface area (Å²) in [4.78, 5) is 6.85. The third-order valence-corrected chi connectivity index (χ3v) is 3.33. The van der Waals surface area contributed by atoms with Gasteiger partial charge in [0.15, 0.2) is 5.96 Å². The molecular weight excluding hydrogens is 188 g/mol. The lowest BCUT2D eigenvalue weighted by molar-refractivity contribution is 0.347. The van der Waals surface area contributed by atoms with Crippen LogP contribution in [0.15, 0.2) is 4.99 Å². The van der Waals surface area contributed by atoms with E-state index in [2.05, 4.69) is 15.2 Å². The van der Waals surface area contributed by atoms with Gasteiger partial charge in [-0.15, -0.1) is 0 Å². The van der Waals surface area contributed by atoms with Crippen LogP contribution in [-0.2, 0) is 0 Å². The molecule has 1 heterocycles. The van der Waals surface area contributed by atoms with Gasteiger partial charge in [0.1, 0.15) is 0 Å². The number of aliphatic imine (C=N–C) groups is 1. The minimum absolute atomic E-state index is 0.494. The maximum Gasteiger partial charge on any atom is 0.191 e. The lowest BCUT2D eigenvalue weighted by atomic mass is 9.96. The van der Waals surface area contributed by atoms with Gasteiger partial charge in [-0.1, -0.05) is 19.3 Å². The highest BCUT2D eigenvalue weighted by molar-refractivity contribution is 5.78. The molecule has 0 bridgehead atoms. The summed E-state index contributed by atoms with van der Waals surface area (Å²) in [7, 11) is 0. The van der Waals surface area contributed by atoms with Gasteiger partial charge in [0.05, 0.1) is 6.04 Å². The van der Waals surface area contributed by atoms with Gasteiger partial charge >= 0.3 is 0 Å². The first kappa shape index (κ1) is 10.7. The molecule has 2 fully saturated rings. The fourth-order valence-electron chi connectivity index (χ4n) is 2.37. The van der Waals surface area contributed by atoms with Crippen molar-refractivity contribution in [2.24, 2.45) is 10.7 Å². The first-order chi connectivity index (χ1) is 7.36. The maximum atomic E-state index is 6.03. The number of hydrogen-bond donors (Lipinski definition) is 2. The first-order valence-corrected chi connectivity index (χ1v) is 6.15. The number of nitrogens with two attached hydrogens (primary N) is 1. The molecule has 86 valence electrons. The Hall–Kier alpha value is -0.770. The first-order valence-electron chi connectivity index (χ1n) is 6.15. The molecule has 3 N–H and O–H groups in total. The van der Waals surface area contributed by atoms with Crippen LogP contribution in [0.5, 0.6) is 0 Å². The number of rotatable bonds is 1. The van der Waals surface area contributed by atoms with Crippen LogP contribution in [0.2, 0.25) is 0 Å². The van der Waals surface area contributed by atoms with Crippen LogP contribution in [0, 0.1) is 0 Å². The second-order valence-electron chi connectivity index (χ2n) is 4.52. The molecular formula is C11H22N4. The van der Waals surface area contributed by atoms with Crippen molar-refractivity contribution in [1.29, 1.82) is 0 Å². The highest BCUT2D eigenvalue weighted by Crippen LogP contribution is 2.20. The minimum Gasteiger partial charge on any atom is -0.370 e. The zero-order valence-electron chi connectivity index (χ0n) is 9.41. The predicted molar refractivity (Wildman–Crippen MR) is 62.9 cm³/mol. The van der Waals surface area contributed by atoms with Crippen LogP contribution in [0.3, 0.4) is 0 Å². The van der Waals surface area contributed by atoms with E-state index >= 15 is 0 Å². The van der Waals surface area contributed by atoms with Crippen LogP contribution in [0.25, 0.3) is 0 Å². The Balaban J connectivity index is 1.86. The zero-order valence-corrected chi connectivity index (χ0v) is 9.41. The van der Waals surface area contributed by atoms with Crippen molar-refractivity contribution < 1.29 is 0 Å². The fourth-order valence-corrected chi connectivity index (χ4v) is 2.37. The van der Waals surface area contributed by atoms with Gasteiger partial charge in [0.25, 0.3) is 0 Å². The molecule has 0 unspecified atom stereocenters. The highest BCUT2D eigenvalue weighted by atomic mass is 15.3. The van der Waals surface area contributed by atoms with Crippen LogP contribution < -0.4 is 11.1 Å². The topological polar surface area (TPSA) is 53.6 Å². The van der Waals surface area contributed by atoms with Crippen LogP contribution in [-0.4, -0.2) is 43.1 Å². The lowest BCUT2D eigenvalue weighted by Crippen LogP contribution is -2.49. The van der Waals surface area contributed by atoms with Crippen molar-refractivity contribution in [3.63, 3.8) is 0 Å². The van der Waals surface area contributed by atoms with Crippen LogP contribution >= 0.6 is 0 Å². The molecule has 4 heteroatoms. The Kier molecular flexibility index (Phi) is 3.83. The van der Waals surface area contributed by atoms with E-state index in [0.717, 1.165) is 32.1 Å². The third kappa shape index (κ3) is 3.09. The largest absolute Gasteiger partial charge is 0.370 e. The molecule has 1 aliphatic heterocycles. The molecule has 0 amide bonds. The zero-order chi connectivity index (χ0) is 10.5. The Bertz CT molecular complexity index is 215. The molecule has 1 saturated carbocycles. The Morgan fingerprint density at radius 3 is 2.47 bits per heavy atom. The van der Waals surface area contributed by atoms with Gasteiger partial charge in [-0.05, 0) is 12.8 Å². The van der Waals surface area contributed by atoms with Gasteiger partial charge in [-0.2, -0.15) is 0 Å². The minimum atomic E-state index is 0.494. The summed E-state index contributed by atoms with van der Waals surface area (Å²) in [5, 5.41) is 3.32. The van der Waals surface area contributed by atoms with Crippen molar-refractivity contribution in [3.05, 3.63) is 0 Å². The van der Waals surface area contributed by atoms with Crippen molar-refractivity contribution in [2.45, 2.75) is 38.1 Å². The molecule has 15 heavy (non-hydrogen) atoms. The Labute approximate surface area is 91.9 Å². The van der Waals surface area contributed by atoms with Crippen molar-refractivity contribution in [1.82, 2.24) is 10.2 Å². The van der Waals surface area contributed by atoms with Gasteiger partial charge in [-0.25, -0.2) is 4.99 Å². The maximum absolute atomic E-state index is 6.03. The quantitative estimate of drug-likeness (QED) is 0.490. The van der Waals surface area contributed by atoms with Crippen molar-refractivity contribution in [3.8, 4) is 0 Å². The van der Waals surface area contributed by atoms with E-state index in [1.165, 1.54) is 32.1 Å². The number of piperazine rings is 1. The molecule has 4 nitrogen and oxygen atoms in total. The summed E-state index contributed by atoms with van der Waals surface area (Å²) in [5.41, 5.74) is 6.03. The van der Waals surface area contributed by atoms with E-state index in [0.29, 0.717) is 6.04 Å². The van der Waals surface area contributed by atoms with Gasteiger partial charge in [0.2, 0.25) is 0 Å². The average molecular weight is 210 g/mol. The van der Waals surface area contributed by atoms with Crippen LogP contribution in [0.1, 0.15) is 32.1 Å². The van der Waals surface area contributed by atoms with E-state index in [-0.39, 0.29) is 0 Å². The second-order valence-corrected chi connectivity index (χ2v) is 4.52. The SMILES string of the molecule is NC(=NC1CCCCC1)N1CCNCC1. The monoisotopic (exact) mass is 210 g/mol. The molecule has 1 saturated heterocycles. The van der Waals surface area contributed by atoms with E-state index in [4.69, 9.17) is 5.73 Å².